The summed E-state index contributed by atoms with van der Waals surface area (Å²) in [6.07, 6.45) is 2.62. The van der Waals surface area contributed by atoms with Crippen LogP contribution in [-0.4, -0.2) is 30.3 Å². The van der Waals surface area contributed by atoms with Gasteiger partial charge in [-0.1, -0.05) is 99.8 Å². The molecule has 1 unspecified atom stereocenters. The highest BCUT2D eigenvalue weighted by Gasteiger charge is 2.39. The number of carbonyl (C=O) groups is 3. The summed E-state index contributed by atoms with van der Waals surface area (Å²) in [7, 11) is 0. The second-order valence-corrected chi connectivity index (χ2v) is 13.5. The van der Waals surface area contributed by atoms with E-state index in [0.717, 1.165) is 40.9 Å². The Morgan fingerprint density at radius 2 is 1.61 bits per heavy atom. The van der Waals surface area contributed by atoms with Crippen molar-refractivity contribution < 1.29 is 18.8 Å². The van der Waals surface area contributed by atoms with E-state index in [1.54, 1.807) is 17.0 Å². The van der Waals surface area contributed by atoms with Crippen LogP contribution in [0.2, 0.25) is 5.02 Å². The zero-order chi connectivity index (χ0) is 35.1. The number of nitrogens with zero attached hydrogens (tertiary/aromatic N) is 2. The average molecular weight is 683 g/mol. The predicted molar refractivity (Wildman–Crippen MR) is 195 cm³/mol. The molecule has 1 heterocycles. The fourth-order valence-electron chi connectivity index (χ4n) is 6.62. The van der Waals surface area contributed by atoms with Gasteiger partial charge in [-0.25, -0.2) is 4.39 Å². The average Bonchev–Trinajstić information content (AvgIpc) is 3.20. The summed E-state index contributed by atoms with van der Waals surface area (Å²) < 4.78 is 13.9. The second-order valence-electron chi connectivity index (χ2n) is 13.1. The van der Waals surface area contributed by atoms with Crippen molar-refractivity contribution in [3.05, 3.63) is 113 Å². The fraction of sp³-hybridized carbons (Fsp3) is 0.325. The Bertz CT molecular complexity index is 1780. The monoisotopic (exact) mass is 682 g/mol. The van der Waals surface area contributed by atoms with Gasteiger partial charge >= 0.3 is 0 Å². The van der Waals surface area contributed by atoms with Crippen molar-refractivity contribution in [2.24, 2.45) is 23.5 Å². The van der Waals surface area contributed by atoms with Gasteiger partial charge in [-0.3, -0.25) is 14.4 Å². The fourth-order valence-corrected chi connectivity index (χ4v) is 6.80. The highest BCUT2D eigenvalue weighted by Crippen LogP contribution is 2.38. The standard InChI is InChI=1S/C40H44ClFN4O3/c1-4-5-16-31(38(43)47)32(21-26(2)3)39(48)44-35-25-45(30-14-7-6-8-15-30)36-17-9-10-18-37(36)46(40(35)49)24-27-12-11-13-28(22-27)29-19-20-34(42)33(41)23-29/h6-15,17-20,22-23,26,31-32,35H,4-5,16,21,24-25H2,1-3H3,(H2,43,47)(H,44,48)/t31-,32+,35?/m0/s1. The van der Waals surface area contributed by atoms with E-state index in [1.165, 1.54) is 6.07 Å². The lowest BCUT2D eigenvalue weighted by molar-refractivity contribution is -0.136. The van der Waals surface area contributed by atoms with Gasteiger partial charge in [0.1, 0.15) is 11.9 Å². The Morgan fingerprint density at radius 3 is 2.29 bits per heavy atom. The van der Waals surface area contributed by atoms with Gasteiger partial charge in [0.05, 0.1) is 29.5 Å². The number of anilines is 3. The van der Waals surface area contributed by atoms with Crippen LogP contribution in [0.5, 0.6) is 0 Å². The number of amides is 3. The Balaban J connectivity index is 1.55. The summed E-state index contributed by atoms with van der Waals surface area (Å²) in [4.78, 5) is 45.4. The smallest absolute Gasteiger partial charge is 0.251 e. The SMILES string of the molecule is CCCC[C@H](C(N)=O)[C@@H](CC(C)C)C(=O)NC1CN(c2ccccc2)c2ccccc2N(Cc2cccc(-c3ccc(F)c(Cl)c3)c2)C1=O. The van der Waals surface area contributed by atoms with Crippen molar-refractivity contribution in [1.29, 1.82) is 0 Å². The number of carbonyl (C=O) groups excluding carboxylic acids is 3. The van der Waals surface area contributed by atoms with E-state index in [2.05, 4.69) is 10.2 Å². The highest BCUT2D eigenvalue weighted by atomic mass is 35.5. The van der Waals surface area contributed by atoms with Crippen LogP contribution in [0.25, 0.3) is 11.1 Å². The molecule has 0 spiro atoms. The zero-order valence-electron chi connectivity index (χ0n) is 28.2. The molecule has 1 aliphatic heterocycles. The van der Waals surface area contributed by atoms with Crippen molar-refractivity contribution in [2.75, 3.05) is 16.3 Å². The summed E-state index contributed by atoms with van der Waals surface area (Å²) in [5.74, 6) is -2.78. The molecule has 3 N–H and O–H groups in total. The number of fused-ring (bicyclic) bond motifs is 1. The van der Waals surface area contributed by atoms with Gasteiger partial charge in [0.2, 0.25) is 11.8 Å². The molecule has 0 fully saturated rings. The van der Waals surface area contributed by atoms with Crippen LogP contribution in [0.3, 0.4) is 0 Å². The van der Waals surface area contributed by atoms with Crippen LogP contribution in [0.4, 0.5) is 21.5 Å². The first-order valence-corrected chi connectivity index (χ1v) is 17.3. The lowest BCUT2D eigenvalue weighted by Gasteiger charge is -2.30. The van der Waals surface area contributed by atoms with Gasteiger partial charge in [0.25, 0.3) is 5.91 Å². The van der Waals surface area contributed by atoms with Crippen molar-refractivity contribution in [2.45, 2.75) is 59.0 Å². The number of benzene rings is 4. The van der Waals surface area contributed by atoms with Gasteiger partial charge in [-0.15, -0.1) is 0 Å². The van der Waals surface area contributed by atoms with Gasteiger partial charge in [-0.05, 0) is 77.9 Å². The van der Waals surface area contributed by atoms with Crippen molar-refractivity contribution >= 4 is 46.4 Å². The minimum absolute atomic E-state index is 0.0307. The molecule has 9 heteroatoms. The number of hydrogen-bond acceptors (Lipinski definition) is 4. The molecular formula is C40H44ClFN4O3. The number of nitrogens with one attached hydrogen (secondary N) is 1. The van der Waals surface area contributed by atoms with Crippen LogP contribution in [0.15, 0.2) is 97.1 Å². The van der Waals surface area contributed by atoms with E-state index < -0.39 is 29.6 Å². The quantitative estimate of drug-likeness (QED) is 0.148. The van der Waals surface area contributed by atoms with E-state index in [0.29, 0.717) is 18.5 Å². The largest absolute Gasteiger partial charge is 0.369 e. The topological polar surface area (TPSA) is 95.7 Å². The minimum Gasteiger partial charge on any atom is -0.369 e. The molecule has 5 rings (SSSR count). The third kappa shape index (κ3) is 8.49. The molecule has 0 radical (unpaired) electrons. The van der Waals surface area contributed by atoms with E-state index >= 15 is 0 Å². The summed E-state index contributed by atoms with van der Waals surface area (Å²) in [6, 6.07) is 28.8. The third-order valence-electron chi connectivity index (χ3n) is 9.08. The van der Waals surface area contributed by atoms with E-state index in [4.69, 9.17) is 17.3 Å². The Labute approximate surface area is 293 Å². The minimum atomic E-state index is -0.937. The highest BCUT2D eigenvalue weighted by molar-refractivity contribution is 6.31. The Hall–Kier alpha value is -4.69. The number of halogens is 2. The number of unbranched alkanes of at least 4 members (excludes halogenated alkanes) is 1. The van der Waals surface area contributed by atoms with Crippen LogP contribution in [0.1, 0.15) is 52.0 Å². The lowest BCUT2D eigenvalue weighted by Crippen LogP contribution is -2.54. The molecule has 3 atom stereocenters. The maximum atomic E-state index is 14.7. The number of primary amides is 1. The van der Waals surface area contributed by atoms with Gasteiger partial charge < -0.3 is 20.9 Å². The summed E-state index contributed by atoms with van der Waals surface area (Å²) in [5.41, 5.74) is 10.7. The molecule has 0 aliphatic carbocycles. The Morgan fingerprint density at radius 1 is 0.918 bits per heavy atom. The van der Waals surface area contributed by atoms with Crippen LogP contribution >= 0.6 is 11.6 Å². The lowest BCUT2D eigenvalue weighted by atomic mass is 9.81. The molecule has 7 nitrogen and oxygen atoms in total. The first-order chi connectivity index (χ1) is 23.6. The van der Waals surface area contributed by atoms with E-state index in [1.807, 2.05) is 99.6 Å². The maximum Gasteiger partial charge on any atom is 0.251 e. The second kappa shape index (κ2) is 16.1. The summed E-state index contributed by atoms with van der Waals surface area (Å²) >= 11 is 6.09. The number of rotatable bonds is 13. The molecule has 0 saturated heterocycles. The maximum absolute atomic E-state index is 14.7. The zero-order valence-corrected chi connectivity index (χ0v) is 29.0. The van der Waals surface area contributed by atoms with Crippen LogP contribution < -0.4 is 20.9 Å². The number of para-hydroxylation sites is 3. The van der Waals surface area contributed by atoms with Gasteiger partial charge in [-0.2, -0.15) is 0 Å². The van der Waals surface area contributed by atoms with Gasteiger partial charge in [0.15, 0.2) is 0 Å². The molecule has 4 aromatic carbocycles. The number of nitrogens with two attached hydrogens (primary N) is 1. The summed E-state index contributed by atoms with van der Waals surface area (Å²) in [5, 5.41) is 3.13. The molecule has 0 aromatic heterocycles. The van der Waals surface area contributed by atoms with Crippen molar-refractivity contribution in [3.63, 3.8) is 0 Å². The van der Waals surface area contributed by atoms with E-state index in [-0.39, 0.29) is 35.8 Å². The van der Waals surface area contributed by atoms with Crippen LogP contribution in [0, 0.1) is 23.6 Å². The first-order valence-electron chi connectivity index (χ1n) is 16.9. The van der Waals surface area contributed by atoms with Crippen molar-refractivity contribution in [1.82, 2.24) is 5.32 Å². The van der Waals surface area contributed by atoms with Gasteiger partial charge in [0, 0.05) is 17.5 Å². The molecule has 4 aromatic rings. The molecule has 3 amide bonds. The number of hydrogen-bond donors (Lipinski definition) is 2. The van der Waals surface area contributed by atoms with E-state index in [9.17, 15) is 18.8 Å². The molecular weight excluding hydrogens is 639 g/mol. The predicted octanol–water partition coefficient (Wildman–Crippen LogP) is 8.27. The van der Waals surface area contributed by atoms with Crippen LogP contribution in [-0.2, 0) is 20.9 Å². The molecule has 256 valence electrons. The van der Waals surface area contributed by atoms with Crippen molar-refractivity contribution in [3.8, 4) is 11.1 Å². The first kappa shape index (κ1) is 35.6. The molecule has 0 bridgehead atoms. The third-order valence-corrected chi connectivity index (χ3v) is 9.37. The molecule has 0 saturated carbocycles. The Kier molecular flexibility index (Phi) is 11.7. The summed E-state index contributed by atoms with van der Waals surface area (Å²) in [6.45, 7) is 6.45. The molecule has 1 aliphatic rings. The molecule has 49 heavy (non-hydrogen) atoms. The normalized spacial score (nSPS) is 15.8.